The van der Waals surface area contributed by atoms with E-state index in [-0.39, 0.29) is 35.5 Å². The average Bonchev–Trinajstić information content (AvgIpc) is 2.29. The van der Waals surface area contributed by atoms with E-state index >= 15 is 0 Å². The van der Waals surface area contributed by atoms with Gasteiger partial charge in [-0.3, -0.25) is 4.79 Å². The second-order valence-electron chi connectivity index (χ2n) is 3.70. The molecule has 0 saturated carbocycles. The minimum atomic E-state index is -0.351. The van der Waals surface area contributed by atoms with Crippen LogP contribution in [0.2, 0.25) is 0 Å². The quantitative estimate of drug-likeness (QED) is 0.560. The summed E-state index contributed by atoms with van der Waals surface area (Å²) in [6.07, 6.45) is 0. The average molecular weight is 225 g/mol. The third kappa shape index (κ3) is 3.13. The number of phenols is 2. The van der Waals surface area contributed by atoms with Crippen LogP contribution in [0, 0.1) is 5.92 Å². The monoisotopic (exact) mass is 225 g/mol. The molecule has 0 aliphatic heterocycles. The predicted molar refractivity (Wildman–Crippen MR) is 58.4 cm³/mol. The van der Waals surface area contributed by atoms with Gasteiger partial charge in [-0.05, 0) is 24.1 Å². The minimum Gasteiger partial charge on any atom is -0.504 e. The van der Waals surface area contributed by atoms with Gasteiger partial charge >= 0.3 is 0 Å². The topological polar surface area (TPSA) is 89.8 Å². The number of rotatable bonds is 4. The fraction of sp³-hybridized carbons (Fsp3) is 0.364. The molecule has 0 spiro atoms. The van der Waals surface area contributed by atoms with Crippen molar-refractivity contribution in [2.45, 2.75) is 6.92 Å². The van der Waals surface area contributed by atoms with E-state index in [1.807, 2.05) is 0 Å². The van der Waals surface area contributed by atoms with Gasteiger partial charge in [0.25, 0.3) is 5.91 Å². The maximum Gasteiger partial charge on any atom is 0.251 e. The van der Waals surface area contributed by atoms with Gasteiger partial charge in [-0.2, -0.15) is 0 Å². The Hall–Kier alpha value is -1.75. The van der Waals surface area contributed by atoms with Gasteiger partial charge in [0.1, 0.15) is 0 Å². The Morgan fingerprint density at radius 2 is 2.06 bits per heavy atom. The number of aromatic hydroxyl groups is 2. The number of benzene rings is 1. The standard InChI is InChI=1S/C11H15NO4/c1-7(6-13)5-12-11(16)8-2-3-9(14)10(15)4-8/h2-4,7,13-15H,5-6H2,1H3,(H,12,16). The van der Waals surface area contributed by atoms with Crippen LogP contribution in [0.3, 0.4) is 0 Å². The smallest absolute Gasteiger partial charge is 0.251 e. The van der Waals surface area contributed by atoms with Crippen molar-refractivity contribution in [3.05, 3.63) is 23.8 Å². The SMILES string of the molecule is CC(CO)CNC(=O)c1ccc(O)c(O)c1. The highest BCUT2D eigenvalue weighted by Gasteiger charge is 2.09. The first-order valence-corrected chi connectivity index (χ1v) is 4.95. The zero-order valence-electron chi connectivity index (χ0n) is 8.97. The van der Waals surface area contributed by atoms with Gasteiger partial charge < -0.3 is 20.6 Å². The molecule has 0 radical (unpaired) electrons. The van der Waals surface area contributed by atoms with E-state index in [2.05, 4.69) is 5.32 Å². The second kappa shape index (κ2) is 5.37. The Labute approximate surface area is 93.4 Å². The number of carbonyl (C=O) groups is 1. The number of hydrogen-bond donors (Lipinski definition) is 4. The maximum atomic E-state index is 11.5. The van der Waals surface area contributed by atoms with E-state index in [0.29, 0.717) is 6.54 Å². The first-order valence-electron chi connectivity index (χ1n) is 4.95. The molecule has 0 fully saturated rings. The van der Waals surface area contributed by atoms with Crippen molar-refractivity contribution in [1.82, 2.24) is 5.32 Å². The van der Waals surface area contributed by atoms with Gasteiger partial charge in [0, 0.05) is 18.7 Å². The molecule has 1 atom stereocenters. The number of amides is 1. The van der Waals surface area contributed by atoms with Crippen LogP contribution in [-0.2, 0) is 0 Å². The fourth-order valence-electron chi connectivity index (χ4n) is 1.10. The molecule has 5 heteroatoms. The molecule has 0 aliphatic carbocycles. The molecule has 0 saturated heterocycles. The van der Waals surface area contributed by atoms with Gasteiger partial charge in [0.05, 0.1) is 0 Å². The largest absolute Gasteiger partial charge is 0.504 e. The lowest BCUT2D eigenvalue weighted by Gasteiger charge is -2.09. The third-order valence-electron chi connectivity index (χ3n) is 2.16. The summed E-state index contributed by atoms with van der Waals surface area (Å²) in [7, 11) is 0. The molecule has 0 aliphatic rings. The molecule has 1 aromatic carbocycles. The van der Waals surface area contributed by atoms with Gasteiger partial charge in [0.2, 0.25) is 0 Å². The van der Waals surface area contributed by atoms with Crippen LogP contribution in [0.1, 0.15) is 17.3 Å². The van der Waals surface area contributed by atoms with Crippen molar-refractivity contribution in [2.24, 2.45) is 5.92 Å². The van der Waals surface area contributed by atoms with Crippen molar-refractivity contribution in [2.75, 3.05) is 13.2 Å². The van der Waals surface area contributed by atoms with E-state index in [4.69, 9.17) is 10.2 Å². The van der Waals surface area contributed by atoms with E-state index in [0.717, 1.165) is 0 Å². The lowest BCUT2D eigenvalue weighted by molar-refractivity contribution is 0.0942. The Bertz CT molecular complexity index is 378. The van der Waals surface area contributed by atoms with Crippen LogP contribution in [0.25, 0.3) is 0 Å². The molecule has 1 unspecified atom stereocenters. The van der Waals surface area contributed by atoms with Crippen molar-refractivity contribution < 1.29 is 20.1 Å². The summed E-state index contributed by atoms with van der Waals surface area (Å²) < 4.78 is 0. The first kappa shape index (κ1) is 12.3. The molecule has 0 bridgehead atoms. The summed E-state index contributed by atoms with van der Waals surface area (Å²) in [5.41, 5.74) is 0.264. The van der Waals surface area contributed by atoms with Gasteiger partial charge in [-0.25, -0.2) is 0 Å². The zero-order valence-corrected chi connectivity index (χ0v) is 8.97. The van der Waals surface area contributed by atoms with Crippen LogP contribution in [0.15, 0.2) is 18.2 Å². The van der Waals surface area contributed by atoms with Crippen molar-refractivity contribution in [3.63, 3.8) is 0 Å². The number of aliphatic hydroxyl groups excluding tert-OH is 1. The highest BCUT2D eigenvalue weighted by molar-refractivity contribution is 5.94. The van der Waals surface area contributed by atoms with E-state index < -0.39 is 0 Å². The number of aliphatic hydroxyl groups is 1. The van der Waals surface area contributed by atoms with Crippen LogP contribution in [0.4, 0.5) is 0 Å². The lowest BCUT2D eigenvalue weighted by Crippen LogP contribution is -2.29. The molecule has 0 heterocycles. The highest BCUT2D eigenvalue weighted by atomic mass is 16.3. The number of phenolic OH excluding ortho intramolecular Hbond substituents is 2. The van der Waals surface area contributed by atoms with E-state index in [1.165, 1.54) is 18.2 Å². The zero-order chi connectivity index (χ0) is 12.1. The summed E-state index contributed by atoms with van der Waals surface area (Å²) in [4.78, 5) is 11.5. The molecule has 1 rings (SSSR count). The fourth-order valence-corrected chi connectivity index (χ4v) is 1.10. The number of hydrogen-bond acceptors (Lipinski definition) is 4. The molecule has 4 N–H and O–H groups in total. The second-order valence-corrected chi connectivity index (χ2v) is 3.70. The Balaban J connectivity index is 2.63. The lowest BCUT2D eigenvalue weighted by atomic mass is 10.1. The predicted octanol–water partition coefficient (Wildman–Crippen LogP) is 0.456. The molecule has 1 aromatic rings. The van der Waals surface area contributed by atoms with Gasteiger partial charge in [-0.15, -0.1) is 0 Å². The molecular weight excluding hydrogens is 210 g/mol. The molecular formula is C11H15NO4. The Morgan fingerprint density at radius 3 is 2.62 bits per heavy atom. The van der Waals surface area contributed by atoms with Crippen LogP contribution < -0.4 is 5.32 Å². The number of nitrogens with one attached hydrogen (secondary N) is 1. The summed E-state index contributed by atoms with van der Waals surface area (Å²) in [6, 6.07) is 3.85. The van der Waals surface area contributed by atoms with Crippen molar-refractivity contribution >= 4 is 5.91 Å². The summed E-state index contributed by atoms with van der Waals surface area (Å²) in [5.74, 6) is -0.964. The first-order chi connectivity index (χ1) is 7.54. The molecule has 0 aromatic heterocycles. The van der Waals surface area contributed by atoms with Crippen LogP contribution in [0.5, 0.6) is 11.5 Å². The third-order valence-corrected chi connectivity index (χ3v) is 2.16. The van der Waals surface area contributed by atoms with Crippen molar-refractivity contribution in [1.29, 1.82) is 0 Å². The Kier molecular flexibility index (Phi) is 4.13. The van der Waals surface area contributed by atoms with Crippen molar-refractivity contribution in [3.8, 4) is 11.5 Å². The summed E-state index contributed by atoms with van der Waals surface area (Å²) in [6.45, 7) is 2.16. The molecule has 1 amide bonds. The van der Waals surface area contributed by atoms with Gasteiger partial charge in [0.15, 0.2) is 11.5 Å². The summed E-state index contributed by atoms with van der Waals surface area (Å²) in [5, 5.41) is 29.6. The maximum absolute atomic E-state index is 11.5. The van der Waals surface area contributed by atoms with Crippen LogP contribution >= 0.6 is 0 Å². The molecule has 88 valence electrons. The van der Waals surface area contributed by atoms with E-state index in [1.54, 1.807) is 6.92 Å². The molecule has 16 heavy (non-hydrogen) atoms. The van der Waals surface area contributed by atoms with E-state index in [9.17, 15) is 9.90 Å². The Morgan fingerprint density at radius 1 is 1.38 bits per heavy atom. The van der Waals surface area contributed by atoms with Gasteiger partial charge in [-0.1, -0.05) is 6.92 Å². The normalized spacial score (nSPS) is 12.1. The molecule has 5 nitrogen and oxygen atoms in total. The highest BCUT2D eigenvalue weighted by Crippen LogP contribution is 2.24. The number of carbonyl (C=O) groups excluding carboxylic acids is 1. The summed E-state index contributed by atoms with van der Waals surface area (Å²) >= 11 is 0. The van der Waals surface area contributed by atoms with Crippen LogP contribution in [-0.4, -0.2) is 34.4 Å². The minimum absolute atomic E-state index is 0.00110.